The van der Waals surface area contributed by atoms with Crippen LogP contribution < -0.4 is 9.64 Å². The van der Waals surface area contributed by atoms with Crippen LogP contribution in [0, 0.1) is 23.7 Å². The third-order valence-corrected chi connectivity index (χ3v) is 11.4. The molecule has 2 fully saturated rings. The molecule has 4 aromatic carbocycles. The predicted molar refractivity (Wildman–Crippen MR) is 190 cm³/mol. The third-order valence-electron chi connectivity index (χ3n) is 11.4. The summed E-state index contributed by atoms with van der Waals surface area (Å²) in [4.78, 5) is 71.9. The second-order valence-electron chi connectivity index (χ2n) is 13.8. The maximum absolute atomic E-state index is 15.1. The number of methoxy groups -OCH3 is 1. The van der Waals surface area contributed by atoms with Crippen molar-refractivity contribution in [2.45, 2.75) is 31.1 Å². The maximum Gasteiger partial charge on any atom is 0.238 e. The quantitative estimate of drug-likeness (QED) is 0.138. The van der Waals surface area contributed by atoms with Crippen LogP contribution in [0.25, 0.3) is 5.57 Å². The lowest BCUT2D eigenvalue weighted by atomic mass is 9.44. The standard InChI is InChI=1S/C43H35NO7/c1-24(45)25-13-16-29(17-14-25)44-41(49)31-19-18-30-33(38(31)42(44)50)22-34-40(48)32(26-9-5-3-6-10-26)23-37(47)43(34,28-11-7-4-8-12-28)39(30)27-15-20-35(46)36(21-27)51-2/h3-18,20-21,23,31,33-34,38-39,46H,19,22H2,1-2H3. The van der Waals surface area contributed by atoms with Crippen LogP contribution in [-0.2, 0) is 24.6 Å². The molecule has 1 saturated carbocycles. The van der Waals surface area contributed by atoms with E-state index in [-0.39, 0.29) is 53.5 Å². The van der Waals surface area contributed by atoms with Gasteiger partial charge in [-0.25, -0.2) is 0 Å². The molecule has 6 atom stereocenters. The monoisotopic (exact) mass is 677 g/mol. The molecule has 0 radical (unpaired) electrons. The number of amides is 2. The van der Waals surface area contributed by atoms with Crippen molar-refractivity contribution in [2.75, 3.05) is 12.0 Å². The Hall–Kier alpha value is -5.89. The van der Waals surface area contributed by atoms with Gasteiger partial charge in [0.2, 0.25) is 11.8 Å². The molecule has 0 spiro atoms. The number of anilines is 1. The molecule has 1 aliphatic heterocycles. The number of nitrogens with zero attached hydrogens (tertiary/aromatic N) is 1. The molecular weight excluding hydrogens is 642 g/mol. The number of aromatic hydroxyl groups is 1. The van der Waals surface area contributed by atoms with Crippen molar-refractivity contribution in [3.05, 3.63) is 143 Å². The van der Waals surface area contributed by atoms with Gasteiger partial charge in [0, 0.05) is 23.0 Å². The van der Waals surface area contributed by atoms with Gasteiger partial charge in [0.05, 0.1) is 30.0 Å². The van der Waals surface area contributed by atoms with Gasteiger partial charge in [-0.05, 0) is 84.8 Å². The number of hydrogen-bond donors (Lipinski definition) is 1. The molecule has 8 heteroatoms. The Morgan fingerprint density at radius 3 is 2.20 bits per heavy atom. The average Bonchev–Trinajstić information content (AvgIpc) is 3.42. The molecule has 254 valence electrons. The van der Waals surface area contributed by atoms with Crippen molar-refractivity contribution in [1.29, 1.82) is 0 Å². The number of carbonyl (C=O) groups excluding carboxylic acids is 5. The first-order valence-electron chi connectivity index (χ1n) is 17.1. The number of fused-ring (bicyclic) bond motifs is 4. The molecule has 3 aliphatic carbocycles. The van der Waals surface area contributed by atoms with Gasteiger partial charge in [-0.15, -0.1) is 0 Å². The molecule has 0 bridgehead atoms. The van der Waals surface area contributed by atoms with Crippen LogP contribution in [0.4, 0.5) is 5.69 Å². The summed E-state index contributed by atoms with van der Waals surface area (Å²) >= 11 is 0. The van der Waals surface area contributed by atoms with Crippen LogP contribution in [0.5, 0.6) is 11.5 Å². The summed E-state index contributed by atoms with van der Waals surface area (Å²) in [5.41, 5.74) is 2.57. The van der Waals surface area contributed by atoms with Crippen LogP contribution in [0.15, 0.2) is 121 Å². The lowest BCUT2D eigenvalue weighted by Gasteiger charge is -2.55. The largest absolute Gasteiger partial charge is 0.504 e. The van der Waals surface area contributed by atoms with E-state index in [1.165, 1.54) is 31.1 Å². The Morgan fingerprint density at radius 2 is 1.53 bits per heavy atom. The first-order valence-corrected chi connectivity index (χ1v) is 17.1. The number of phenolic OH excluding ortho intramolecular Hbond substituents is 1. The highest BCUT2D eigenvalue weighted by atomic mass is 16.5. The van der Waals surface area contributed by atoms with Crippen molar-refractivity contribution >= 4 is 40.4 Å². The van der Waals surface area contributed by atoms with Gasteiger partial charge < -0.3 is 9.84 Å². The number of benzene rings is 4. The van der Waals surface area contributed by atoms with Gasteiger partial charge in [-0.1, -0.05) is 78.4 Å². The smallest absolute Gasteiger partial charge is 0.238 e. The highest BCUT2D eigenvalue weighted by Gasteiger charge is 2.66. The molecule has 4 aliphatic rings. The minimum atomic E-state index is -1.39. The third kappa shape index (κ3) is 4.77. The average molecular weight is 678 g/mol. The minimum absolute atomic E-state index is 0.0723. The number of carbonyl (C=O) groups is 5. The zero-order chi connectivity index (χ0) is 35.6. The first kappa shape index (κ1) is 32.3. The maximum atomic E-state index is 15.1. The molecule has 8 nitrogen and oxygen atoms in total. The fraction of sp³-hybridized carbons (Fsp3) is 0.233. The van der Waals surface area contributed by atoms with Gasteiger partial charge >= 0.3 is 0 Å². The molecule has 6 unspecified atom stereocenters. The van der Waals surface area contributed by atoms with Gasteiger partial charge in [-0.2, -0.15) is 0 Å². The number of allylic oxidation sites excluding steroid dienone is 4. The second-order valence-corrected chi connectivity index (χ2v) is 13.8. The Bertz CT molecular complexity index is 2190. The molecule has 0 aromatic heterocycles. The highest BCUT2D eigenvalue weighted by molar-refractivity contribution is 6.32. The molecule has 1 saturated heterocycles. The number of rotatable bonds is 6. The molecule has 51 heavy (non-hydrogen) atoms. The fourth-order valence-electron chi connectivity index (χ4n) is 9.22. The van der Waals surface area contributed by atoms with Crippen molar-refractivity contribution < 1.29 is 33.8 Å². The van der Waals surface area contributed by atoms with E-state index >= 15 is 9.59 Å². The van der Waals surface area contributed by atoms with E-state index in [1.54, 1.807) is 36.4 Å². The summed E-state index contributed by atoms with van der Waals surface area (Å²) in [5, 5.41) is 10.6. The molecule has 8 rings (SSSR count). The number of ketones is 3. The SMILES string of the molecule is COc1cc(C2C3=CCC4C(=O)N(c5ccc(C(C)=O)cc5)C(=O)C4C3CC3C(=O)C(c4ccccc4)=CC(=O)C32c2ccccc2)ccc1O. The molecule has 1 heterocycles. The van der Waals surface area contributed by atoms with Crippen LogP contribution in [0.3, 0.4) is 0 Å². The fourth-order valence-corrected chi connectivity index (χ4v) is 9.22. The van der Waals surface area contributed by atoms with Crippen LogP contribution >= 0.6 is 0 Å². The van der Waals surface area contributed by atoms with Crippen molar-refractivity contribution in [3.8, 4) is 11.5 Å². The normalized spacial score (nSPS) is 26.9. The number of ether oxygens (including phenoxy) is 1. The van der Waals surface area contributed by atoms with Gasteiger partial charge in [-0.3, -0.25) is 28.9 Å². The Balaban J connectivity index is 1.34. The number of imide groups is 1. The Morgan fingerprint density at radius 1 is 0.843 bits per heavy atom. The number of phenols is 1. The van der Waals surface area contributed by atoms with E-state index in [0.29, 0.717) is 33.5 Å². The predicted octanol–water partition coefficient (Wildman–Crippen LogP) is 6.63. The Kier molecular flexibility index (Phi) is 7.71. The van der Waals surface area contributed by atoms with E-state index < -0.39 is 35.0 Å². The van der Waals surface area contributed by atoms with E-state index in [1.807, 2.05) is 66.7 Å². The van der Waals surface area contributed by atoms with Crippen molar-refractivity contribution in [3.63, 3.8) is 0 Å². The summed E-state index contributed by atoms with van der Waals surface area (Å²) in [6.07, 6.45) is 3.93. The van der Waals surface area contributed by atoms with Crippen molar-refractivity contribution in [2.24, 2.45) is 23.7 Å². The van der Waals surface area contributed by atoms with E-state index in [4.69, 9.17) is 4.74 Å². The van der Waals surface area contributed by atoms with Gasteiger partial charge in [0.1, 0.15) is 0 Å². The molecule has 2 amide bonds. The summed E-state index contributed by atoms with van der Waals surface area (Å²) < 4.78 is 5.54. The van der Waals surface area contributed by atoms with Crippen LogP contribution in [0.2, 0.25) is 0 Å². The summed E-state index contributed by atoms with van der Waals surface area (Å²) in [6, 6.07) is 29.9. The van der Waals surface area contributed by atoms with Crippen molar-refractivity contribution in [1.82, 2.24) is 0 Å². The lowest BCUT2D eigenvalue weighted by molar-refractivity contribution is -0.135. The molecule has 1 N–H and O–H groups in total. The van der Waals surface area contributed by atoms with E-state index in [0.717, 1.165) is 5.57 Å². The number of hydrogen-bond acceptors (Lipinski definition) is 7. The second kappa shape index (κ2) is 12.2. The zero-order valence-corrected chi connectivity index (χ0v) is 28.1. The van der Waals surface area contributed by atoms with Gasteiger partial charge in [0.15, 0.2) is 28.8 Å². The molecule has 4 aromatic rings. The van der Waals surface area contributed by atoms with E-state index in [9.17, 15) is 19.5 Å². The van der Waals surface area contributed by atoms with Gasteiger partial charge in [0.25, 0.3) is 0 Å². The summed E-state index contributed by atoms with van der Waals surface area (Å²) in [6.45, 7) is 1.46. The zero-order valence-electron chi connectivity index (χ0n) is 28.1. The topological polar surface area (TPSA) is 118 Å². The number of Topliss-reactive ketones (excluding diaryl/α,β-unsaturated/α-hetero) is 2. The van der Waals surface area contributed by atoms with Crippen LogP contribution in [0.1, 0.15) is 52.7 Å². The lowest BCUT2D eigenvalue weighted by Crippen LogP contribution is -2.58. The summed E-state index contributed by atoms with van der Waals surface area (Å²) in [5.74, 6) is -4.67. The Labute approximate surface area is 295 Å². The molecular formula is C43H35NO7. The van der Waals surface area contributed by atoms with Crippen LogP contribution in [-0.4, -0.2) is 41.4 Å². The minimum Gasteiger partial charge on any atom is -0.504 e. The van der Waals surface area contributed by atoms with E-state index in [2.05, 4.69) is 0 Å². The first-order chi connectivity index (χ1) is 24.7. The highest BCUT2D eigenvalue weighted by Crippen LogP contribution is 2.64. The summed E-state index contributed by atoms with van der Waals surface area (Å²) in [7, 11) is 1.45.